The van der Waals surface area contributed by atoms with Gasteiger partial charge in [0, 0.05) is 36.0 Å². The van der Waals surface area contributed by atoms with E-state index >= 15 is 0 Å². The Morgan fingerprint density at radius 2 is 2.00 bits per heavy atom. The molecule has 0 aliphatic heterocycles. The molecule has 0 aliphatic carbocycles. The van der Waals surface area contributed by atoms with Crippen molar-refractivity contribution < 1.29 is 13.9 Å². The average Bonchev–Trinajstić information content (AvgIpc) is 3.37. The Balaban J connectivity index is 1.33. The number of carbonyl (C=O) groups is 1. The zero-order valence-electron chi connectivity index (χ0n) is 15.6. The molecule has 0 saturated heterocycles. The highest BCUT2D eigenvalue weighted by molar-refractivity contribution is 5.88. The summed E-state index contributed by atoms with van der Waals surface area (Å²) in [5.74, 6) is 0.688. The third-order valence-corrected chi connectivity index (χ3v) is 4.63. The summed E-state index contributed by atoms with van der Waals surface area (Å²) in [6, 6.07) is 15.7. The summed E-state index contributed by atoms with van der Waals surface area (Å²) >= 11 is 0. The van der Waals surface area contributed by atoms with Crippen LogP contribution in [0.1, 0.15) is 16.7 Å². The first-order valence-electron chi connectivity index (χ1n) is 9.07. The number of nitrogens with zero attached hydrogens (tertiary/aromatic N) is 2. The molecule has 1 N–H and O–H groups in total. The summed E-state index contributed by atoms with van der Waals surface area (Å²) in [4.78, 5) is 12.3. The predicted molar refractivity (Wildman–Crippen MR) is 106 cm³/mol. The highest BCUT2D eigenvalue weighted by atomic mass is 16.5. The van der Waals surface area contributed by atoms with Crippen LogP contribution >= 0.6 is 0 Å². The van der Waals surface area contributed by atoms with Crippen molar-refractivity contribution in [3.8, 4) is 5.75 Å². The molecule has 0 radical (unpaired) electrons. The van der Waals surface area contributed by atoms with E-state index in [1.807, 2.05) is 47.3 Å². The quantitative estimate of drug-likeness (QED) is 0.536. The smallest absolute Gasteiger partial charge is 0.224 e. The number of ether oxygens (including phenoxy) is 1. The topological polar surface area (TPSA) is 69.3 Å². The van der Waals surface area contributed by atoms with Gasteiger partial charge in [-0.3, -0.25) is 9.48 Å². The molecule has 142 valence electrons. The van der Waals surface area contributed by atoms with E-state index in [1.165, 1.54) is 5.56 Å². The molecule has 4 rings (SSSR count). The monoisotopic (exact) mass is 375 g/mol. The molecular weight excluding hydrogens is 354 g/mol. The number of fused-ring (bicyclic) bond motifs is 1. The summed E-state index contributed by atoms with van der Waals surface area (Å²) in [6.07, 6.45) is 5.61. The molecule has 6 heteroatoms. The van der Waals surface area contributed by atoms with Crippen LogP contribution in [0.4, 0.5) is 0 Å². The summed E-state index contributed by atoms with van der Waals surface area (Å²) in [5, 5.41) is 8.10. The molecule has 0 spiro atoms. The number of hydrogen-bond acceptors (Lipinski definition) is 4. The van der Waals surface area contributed by atoms with E-state index in [9.17, 15) is 4.79 Å². The second-order valence-corrected chi connectivity index (χ2v) is 6.60. The molecule has 0 aliphatic rings. The number of nitrogens with one attached hydrogen (secondary N) is 1. The van der Waals surface area contributed by atoms with Crippen molar-refractivity contribution in [3.63, 3.8) is 0 Å². The van der Waals surface area contributed by atoms with Gasteiger partial charge in [-0.05, 0) is 29.3 Å². The number of furan rings is 1. The third kappa shape index (κ3) is 4.06. The second-order valence-electron chi connectivity index (χ2n) is 6.60. The molecule has 0 saturated carbocycles. The molecule has 2 aromatic carbocycles. The molecule has 4 aromatic rings. The molecule has 0 fully saturated rings. The Bertz CT molecular complexity index is 1070. The van der Waals surface area contributed by atoms with Gasteiger partial charge in [-0.2, -0.15) is 5.10 Å². The van der Waals surface area contributed by atoms with Gasteiger partial charge in [0.2, 0.25) is 5.91 Å². The lowest BCUT2D eigenvalue weighted by atomic mass is 10.1. The minimum Gasteiger partial charge on any atom is -0.497 e. The normalized spacial score (nSPS) is 10.9. The lowest BCUT2D eigenvalue weighted by molar-refractivity contribution is -0.120. The van der Waals surface area contributed by atoms with Crippen molar-refractivity contribution in [3.05, 3.63) is 83.9 Å². The van der Waals surface area contributed by atoms with Gasteiger partial charge in [-0.1, -0.05) is 24.3 Å². The van der Waals surface area contributed by atoms with E-state index in [1.54, 1.807) is 19.6 Å². The van der Waals surface area contributed by atoms with Crippen molar-refractivity contribution in [2.24, 2.45) is 0 Å². The van der Waals surface area contributed by atoms with Crippen LogP contribution in [0, 0.1) is 0 Å². The molecule has 2 heterocycles. The van der Waals surface area contributed by atoms with E-state index in [2.05, 4.69) is 22.5 Å². The van der Waals surface area contributed by atoms with Gasteiger partial charge in [0.1, 0.15) is 11.3 Å². The lowest BCUT2D eigenvalue weighted by Gasteiger charge is -2.07. The van der Waals surface area contributed by atoms with Crippen molar-refractivity contribution in [1.29, 1.82) is 0 Å². The van der Waals surface area contributed by atoms with Crippen LogP contribution < -0.4 is 10.1 Å². The summed E-state index contributed by atoms with van der Waals surface area (Å²) in [5.41, 5.74) is 3.80. The van der Waals surface area contributed by atoms with Gasteiger partial charge in [0.15, 0.2) is 0 Å². The van der Waals surface area contributed by atoms with Crippen molar-refractivity contribution in [2.45, 2.75) is 19.5 Å². The maximum absolute atomic E-state index is 12.3. The van der Waals surface area contributed by atoms with Crippen LogP contribution in [0.2, 0.25) is 0 Å². The van der Waals surface area contributed by atoms with Crippen molar-refractivity contribution in [2.75, 3.05) is 7.11 Å². The molecular formula is C22H21N3O3. The minimum atomic E-state index is -0.0425. The van der Waals surface area contributed by atoms with Gasteiger partial charge in [-0.15, -0.1) is 0 Å². The van der Waals surface area contributed by atoms with Crippen LogP contribution in [0.3, 0.4) is 0 Å². The summed E-state index contributed by atoms with van der Waals surface area (Å²) < 4.78 is 12.6. The number of rotatable bonds is 7. The van der Waals surface area contributed by atoms with Gasteiger partial charge >= 0.3 is 0 Å². The fourth-order valence-corrected chi connectivity index (χ4v) is 3.11. The number of amides is 1. The maximum Gasteiger partial charge on any atom is 0.224 e. The van der Waals surface area contributed by atoms with Crippen LogP contribution in [-0.2, 0) is 24.3 Å². The SMILES string of the molecule is COc1ccc2c(CC(=O)NCc3ccc(Cn4cccn4)cc3)coc2c1. The minimum absolute atomic E-state index is 0.0425. The number of benzene rings is 2. The summed E-state index contributed by atoms with van der Waals surface area (Å²) in [6.45, 7) is 1.22. The Kier molecular flexibility index (Phi) is 5.10. The average molecular weight is 375 g/mol. The van der Waals surface area contributed by atoms with Gasteiger partial charge in [-0.25, -0.2) is 0 Å². The molecule has 0 atom stereocenters. The van der Waals surface area contributed by atoms with Gasteiger partial charge in [0.25, 0.3) is 0 Å². The molecule has 28 heavy (non-hydrogen) atoms. The van der Waals surface area contributed by atoms with Crippen LogP contribution in [0.25, 0.3) is 11.0 Å². The van der Waals surface area contributed by atoms with Gasteiger partial charge < -0.3 is 14.5 Å². The van der Waals surface area contributed by atoms with E-state index in [-0.39, 0.29) is 12.3 Å². The predicted octanol–water partition coefficient (Wildman–Crippen LogP) is 3.55. The van der Waals surface area contributed by atoms with Gasteiger partial charge in [0.05, 0.1) is 26.3 Å². The Morgan fingerprint density at radius 1 is 1.18 bits per heavy atom. The van der Waals surface area contributed by atoms with E-state index in [0.29, 0.717) is 6.54 Å². The number of methoxy groups -OCH3 is 1. The van der Waals surface area contributed by atoms with Crippen molar-refractivity contribution >= 4 is 16.9 Å². The fraction of sp³-hybridized carbons (Fsp3) is 0.182. The Morgan fingerprint density at radius 3 is 2.75 bits per heavy atom. The molecule has 6 nitrogen and oxygen atoms in total. The first-order chi connectivity index (χ1) is 13.7. The van der Waals surface area contributed by atoms with Crippen LogP contribution in [-0.4, -0.2) is 22.8 Å². The molecule has 0 unspecified atom stereocenters. The first kappa shape index (κ1) is 17.9. The highest BCUT2D eigenvalue weighted by Gasteiger charge is 2.11. The zero-order chi connectivity index (χ0) is 19.3. The highest BCUT2D eigenvalue weighted by Crippen LogP contribution is 2.25. The molecule has 2 aromatic heterocycles. The number of hydrogen-bond donors (Lipinski definition) is 1. The number of carbonyl (C=O) groups excluding carboxylic acids is 1. The summed E-state index contributed by atoms with van der Waals surface area (Å²) in [7, 11) is 1.61. The van der Waals surface area contributed by atoms with E-state index in [0.717, 1.165) is 34.4 Å². The molecule has 1 amide bonds. The van der Waals surface area contributed by atoms with E-state index in [4.69, 9.17) is 9.15 Å². The third-order valence-electron chi connectivity index (χ3n) is 4.63. The second kappa shape index (κ2) is 8.00. The molecule has 0 bridgehead atoms. The number of aromatic nitrogens is 2. The van der Waals surface area contributed by atoms with Crippen molar-refractivity contribution in [1.82, 2.24) is 15.1 Å². The lowest BCUT2D eigenvalue weighted by Crippen LogP contribution is -2.24. The standard InChI is InChI=1S/C22H21N3O3/c1-27-19-7-8-20-18(15-28-21(20)12-19)11-22(26)23-13-16-3-5-17(6-4-16)14-25-10-2-9-24-25/h2-10,12,15H,11,13-14H2,1H3,(H,23,26). The fourth-order valence-electron chi connectivity index (χ4n) is 3.11. The Hall–Kier alpha value is -3.54. The largest absolute Gasteiger partial charge is 0.497 e. The maximum atomic E-state index is 12.3. The van der Waals surface area contributed by atoms with Crippen LogP contribution in [0.15, 0.2) is 71.6 Å². The first-order valence-corrected chi connectivity index (χ1v) is 9.07. The Labute approximate surface area is 162 Å². The van der Waals surface area contributed by atoms with E-state index < -0.39 is 0 Å². The zero-order valence-corrected chi connectivity index (χ0v) is 15.6. The van der Waals surface area contributed by atoms with Crippen LogP contribution in [0.5, 0.6) is 5.75 Å².